The van der Waals surface area contributed by atoms with E-state index in [0.717, 1.165) is 13.1 Å². The van der Waals surface area contributed by atoms with Crippen LogP contribution in [-0.4, -0.2) is 63.9 Å². The topological polar surface area (TPSA) is 54.3 Å². The predicted molar refractivity (Wildman–Crippen MR) is 86.3 cm³/mol. The standard InChI is InChI=1S/C17H20FN5O/c1-17-10-21(2)8-12(17)9-22(11-17)16(24)14-7-13(3-4-15(14)18)23-6-5-19-20-23/h3-7,12H,8-11H2,1-2H3/t12-,17+/m1/s1. The van der Waals surface area contributed by atoms with Gasteiger partial charge in [0.1, 0.15) is 5.82 Å². The van der Waals surface area contributed by atoms with Crippen molar-refractivity contribution in [3.05, 3.63) is 42.0 Å². The summed E-state index contributed by atoms with van der Waals surface area (Å²) in [5.74, 6) is -0.288. The van der Waals surface area contributed by atoms with E-state index in [-0.39, 0.29) is 16.9 Å². The average molecular weight is 329 g/mol. The largest absolute Gasteiger partial charge is 0.338 e. The Kier molecular flexibility index (Phi) is 3.42. The van der Waals surface area contributed by atoms with Crippen molar-refractivity contribution in [2.24, 2.45) is 11.3 Å². The Morgan fingerprint density at radius 2 is 2.17 bits per heavy atom. The minimum absolute atomic E-state index is 0.0972. The molecule has 1 amide bonds. The third kappa shape index (κ3) is 2.39. The Bertz CT molecular complexity index is 777. The molecule has 126 valence electrons. The number of halogens is 1. The van der Waals surface area contributed by atoms with E-state index in [2.05, 4.69) is 29.2 Å². The van der Waals surface area contributed by atoms with Gasteiger partial charge < -0.3 is 9.80 Å². The van der Waals surface area contributed by atoms with E-state index >= 15 is 0 Å². The SMILES string of the molecule is CN1C[C@@H]2CN(C(=O)c3cc(-n4ccnn4)ccc3F)C[C@]2(C)C1. The number of carbonyl (C=O) groups is 1. The number of nitrogens with zero attached hydrogens (tertiary/aromatic N) is 5. The van der Waals surface area contributed by atoms with E-state index in [1.165, 1.54) is 10.7 Å². The van der Waals surface area contributed by atoms with Crippen LogP contribution in [0.2, 0.25) is 0 Å². The van der Waals surface area contributed by atoms with Crippen LogP contribution in [0.4, 0.5) is 4.39 Å². The predicted octanol–water partition coefficient (Wildman–Crippen LogP) is 1.43. The lowest BCUT2D eigenvalue weighted by molar-refractivity contribution is 0.0760. The van der Waals surface area contributed by atoms with Crippen molar-refractivity contribution in [1.29, 1.82) is 0 Å². The highest BCUT2D eigenvalue weighted by Crippen LogP contribution is 2.41. The fourth-order valence-corrected chi connectivity index (χ4v) is 4.12. The summed E-state index contributed by atoms with van der Waals surface area (Å²) in [6.45, 7) is 5.54. The molecule has 1 aromatic heterocycles. The molecule has 0 spiro atoms. The minimum Gasteiger partial charge on any atom is -0.338 e. The molecule has 4 rings (SSSR count). The van der Waals surface area contributed by atoms with Crippen LogP contribution in [0.3, 0.4) is 0 Å². The Labute approximate surface area is 139 Å². The summed E-state index contributed by atoms with van der Waals surface area (Å²) in [4.78, 5) is 17.0. The van der Waals surface area contributed by atoms with E-state index in [1.807, 2.05) is 0 Å². The van der Waals surface area contributed by atoms with Crippen LogP contribution < -0.4 is 0 Å². The number of aromatic nitrogens is 3. The second-order valence-electron chi connectivity index (χ2n) is 7.25. The van der Waals surface area contributed by atoms with Gasteiger partial charge in [0.2, 0.25) is 0 Å². The maximum atomic E-state index is 14.3. The molecule has 24 heavy (non-hydrogen) atoms. The molecule has 0 saturated carbocycles. The Hall–Kier alpha value is -2.28. The number of carbonyl (C=O) groups excluding carboxylic acids is 1. The molecule has 2 aromatic rings. The Morgan fingerprint density at radius 3 is 2.88 bits per heavy atom. The van der Waals surface area contributed by atoms with Gasteiger partial charge in [-0.2, -0.15) is 0 Å². The van der Waals surface area contributed by atoms with Gasteiger partial charge in [0.25, 0.3) is 5.91 Å². The number of rotatable bonds is 2. The van der Waals surface area contributed by atoms with Crippen molar-refractivity contribution in [2.45, 2.75) is 6.92 Å². The molecule has 0 bridgehead atoms. The molecule has 3 heterocycles. The van der Waals surface area contributed by atoms with Crippen LogP contribution in [0.15, 0.2) is 30.6 Å². The Balaban J connectivity index is 1.60. The van der Waals surface area contributed by atoms with Gasteiger partial charge in [-0.25, -0.2) is 9.07 Å². The van der Waals surface area contributed by atoms with Gasteiger partial charge in [0.15, 0.2) is 0 Å². The third-order valence-electron chi connectivity index (χ3n) is 5.30. The van der Waals surface area contributed by atoms with Crippen molar-refractivity contribution in [3.63, 3.8) is 0 Å². The van der Waals surface area contributed by atoms with Gasteiger partial charge in [0.05, 0.1) is 23.6 Å². The monoisotopic (exact) mass is 329 g/mol. The number of fused-ring (bicyclic) bond motifs is 1. The first-order chi connectivity index (χ1) is 11.5. The molecule has 0 aliphatic carbocycles. The molecule has 0 N–H and O–H groups in total. The van der Waals surface area contributed by atoms with E-state index in [4.69, 9.17) is 0 Å². The molecule has 2 atom stereocenters. The van der Waals surface area contributed by atoms with Crippen molar-refractivity contribution >= 4 is 5.91 Å². The van der Waals surface area contributed by atoms with Gasteiger partial charge in [-0.15, -0.1) is 5.10 Å². The van der Waals surface area contributed by atoms with Crippen molar-refractivity contribution in [2.75, 3.05) is 33.2 Å². The first-order valence-corrected chi connectivity index (χ1v) is 8.10. The fourth-order valence-electron chi connectivity index (χ4n) is 4.12. The number of hydrogen-bond donors (Lipinski definition) is 0. The molecular formula is C17H20FN5O. The fraction of sp³-hybridized carbons (Fsp3) is 0.471. The van der Waals surface area contributed by atoms with Crippen LogP contribution in [0.25, 0.3) is 5.69 Å². The lowest BCUT2D eigenvalue weighted by Crippen LogP contribution is -2.35. The molecule has 2 saturated heterocycles. The normalized spacial score (nSPS) is 26.8. The summed E-state index contributed by atoms with van der Waals surface area (Å²) < 4.78 is 15.8. The summed E-state index contributed by atoms with van der Waals surface area (Å²) in [6, 6.07) is 4.46. The summed E-state index contributed by atoms with van der Waals surface area (Å²) in [5.41, 5.74) is 0.826. The van der Waals surface area contributed by atoms with E-state index in [0.29, 0.717) is 24.7 Å². The highest BCUT2D eigenvalue weighted by Gasteiger charge is 2.49. The molecule has 6 nitrogen and oxygen atoms in total. The highest BCUT2D eigenvalue weighted by atomic mass is 19.1. The zero-order chi connectivity index (χ0) is 16.9. The lowest BCUT2D eigenvalue weighted by atomic mass is 9.83. The molecule has 7 heteroatoms. The summed E-state index contributed by atoms with van der Waals surface area (Å²) >= 11 is 0. The summed E-state index contributed by atoms with van der Waals surface area (Å²) in [7, 11) is 2.11. The average Bonchev–Trinajstić information content (AvgIpc) is 3.21. The quantitative estimate of drug-likeness (QED) is 0.836. The van der Waals surface area contributed by atoms with Gasteiger partial charge in [0, 0.05) is 31.6 Å². The van der Waals surface area contributed by atoms with E-state index < -0.39 is 5.82 Å². The maximum Gasteiger partial charge on any atom is 0.256 e. The molecular weight excluding hydrogens is 309 g/mol. The maximum absolute atomic E-state index is 14.3. The van der Waals surface area contributed by atoms with Crippen LogP contribution >= 0.6 is 0 Å². The third-order valence-corrected chi connectivity index (χ3v) is 5.30. The number of amides is 1. The minimum atomic E-state index is -0.497. The highest BCUT2D eigenvalue weighted by molar-refractivity contribution is 5.95. The number of hydrogen-bond acceptors (Lipinski definition) is 4. The van der Waals surface area contributed by atoms with Gasteiger partial charge >= 0.3 is 0 Å². The summed E-state index contributed by atoms with van der Waals surface area (Å²) in [6.07, 6.45) is 3.21. The second-order valence-corrected chi connectivity index (χ2v) is 7.25. The molecule has 2 fully saturated rings. The van der Waals surface area contributed by atoms with Gasteiger partial charge in [-0.1, -0.05) is 12.1 Å². The van der Waals surface area contributed by atoms with E-state index in [9.17, 15) is 9.18 Å². The van der Waals surface area contributed by atoms with Gasteiger partial charge in [-0.3, -0.25) is 4.79 Å². The Morgan fingerprint density at radius 1 is 1.33 bits per heavy atom. The van der Waals surface area contributed by atoms with Crippen LogP contribution in [0.5, 0.6) is 0 Å². The molecule has 0 radical (unpaired) electrons. The smallest absolute Gasteiger partial charge is 0.256 e. The molecule has 2 aliphatic rings. The molecule has 1 aromatic carbocycles. The van der Waals surface area contributed by atoms with Crippen LogP contribution in [0, 0.1) is 17.2 Å². The van der Waals surface area contributed by atoms with Crippen molar-refractivity contribution < 1.29 is 9.18 Å². The molecule has 0 unspecified atom stereocenters. The first-order valence-electron chi connectivity index (χ1n) is 8.10. The first kappa shape index (κ1) is 15.3. The molecule has 2 aliphatic heterocycles. The zero-order valence-electron chi connectivity index (χ0n) is 13.8. The lowest BCUT2D eigenvalue weighted by Gasteiger charge is -2.24. The van der Waals surface area contributed by atoms with Crippen molar-refractivity contribution in [1.82, 2.24) is 24.8 Å². The van der Waals surface area contributed by atoms with Crippen molar-refractivity contribution in [3.8, 4) is 5.69 Å². The number of likely N-dealkylation sites (tertiary alicyclic amines) is 2. The second kappa shape index (κ2) is 5.37. The van der Waals surface area contributed by atoms with E-state index in [1.54, 1.807) is 29.4 Å². The summed E-state index contributed by atoms with van der Waals surface area (Å²) in [5, 5.41) is 7.64. The van der Waals surface area contributed by atoms with Crippen LogP contribution in [0.1, 0.15) is 17.3 Å². The zero-order valence-corrected chi connectivity index (χ0v) is 13.8. The number of benzene rings is 1. The van der Waals surface area contributed by atoms with Crippen LogP contribution in [-0.2, 0) is 0 Å². The van der Waals surface area contributed by atoms with Gasteiger partial charge in [-0.05, 0) is 31.2 Å².